The molecular weight excluding hydrogens is 587 g/mol. The monoisotopic (exact) mass is 620 g/mol. The molecule has 1 saturated heterocycles. The first-order valence-electron chi connectivity index (χ1n) is 13.3. The summed E-state index contributed by atoms with van der Waals surface area (Å²) in [6.07, 6.45) is -4.53. The van der Waals surface area contributed by atoms with E-state index in [9.17, 15) is 40.0 Å². The number of benzene rings is 2. The van der Waals surface area contributed by atoms with Crippen molar-refractivity contribution in [3.8, 4) is 0 Å². The lowest BCUT2D eigenvalue weighted by molar-refractivity contribution is -0.157. The van der Waals surface area contributed by atoms with Gasteiger partial charge in [-0.25, -0.2) is 22.0 Å². The molecule has 0 bridgehead atoms. The molecule has 0 unspecified atom stereocenters. The average Bonchev–Trinajstić information content (AvgIpc) is 2.93. The van der Waals surface area contributed by atoms with Gasteiger partial charge in [0.25, 0.3) is 10.0 Å². The van der Waals surface area contributed by atoms with E-state index < -0.39 is 68.1 Å². The van der Waals surface area contributed by atoms with Crippen LogP contribution in [0.25, 0.3) is 0 Å². The SMILES string of the molecule is CCOC(=O)C(C)(C)C1CCN(C(=O)OC[C@@H](C)N(c2cc(F)ccc2F)S(=O)(=O)c2ccc(C(F)(F)F)cc2)CC1. The molecule has 0 N–H and O–H groups in total. The van der Waals surface area contributed by atoms with Gasteiger partial charge in [-0.05, 0) is 82.9 Å². The van der Waals surface area contributed by atoms with Crippen molar-refractivity contribution in [2.75, 3.05) is 30.6 Å². The molecule has 1 heterocycles. The van der Waals surface area contributed by atoms with Crippen LogP contribution < -0.4 is 4.31 Å². The summed E-state index contributed by atoms with van der Waals surface area (Å²) in [4.78, 5) is 26.0. The number of amides is 1. The zero-order valence-corrected chi connectivity index (χ0v) is 24.4. The number of hydrogen-bond donors (Lipinski definition) is 0. The molecule has 1 atom stereocenters. The smallest absolute Gasteiger partial charge is 0.416 e. The Morgan fingerprint density at radius 1 is 1.02 bits per heavy atom. The van der Waals surface area contributed by atoms with Crippen LogP contribution in [0, 0.1) is 23.0 Å². The first kappa shape index (κ1) is 33.1. The number of hydrogen-bond acceptors (Lipinski definition) is 6. The summed E-state index contributed by atoms with van der Waals surface area (Å²) in [7, 11) is -4.75. The van der Waals surface area contributed by atoms with E-state index in [0.29, 0.717) is 53.5 Å². The molecule has 0 aliphatic carbocycles. The topological polar surface area (TPSA) is 93.2 Å². The highest BCUT2D eigenvalue weighted by molar-refractivity contribution is 7.92. The third kappa shape index (κ3) is 7.31. The third-order valence-electron chi connectivity index (χ3n) is 7.31. The zero-order valence-electron chi connectivity index (χ0n) is 23.6. The summed E-state index contributed by atoms with van der Waals surface area (Å²) in [5.74, 6) is -2.47. The first-order chi connectivity index (χ1) is 19.5. The van der Waals surface area contributed by atoms with Crippen LogP contribution in [0.2, 0.25) is 0 Å². The van der Waals surface area contributed by atoms with Crippen LogP contribution in [0.1, 0.15) is 46.1 Å². The summed E-state index contributed by atoms with van der Waals surface area (Å²) >= 11 is 0. The maximum Gasteiger partial charge on any atom is 0.416 e. The molecule has 0 saturated carbocycles. The van der Waals surface area contributed by atoms with Crippen molar-refractivity contribution in [2.45, 2.75) is 57.7 Å². The molecule has 3 rings (SSSR count). The number of sulfonamides is 1. The molecule has 1 fully saturated rings. The highest BCUT2D eigenvalue weighted by Gasteiger charge is 2.41. The quantitative estimate of drug-likeness (QED) is 0.252. The summed E-state index contributed by atoms with van der Waals surface area (Å²) < 4.78 is 106. The second kappa shape index (κ2) is 12.8. The van der Waals surface area contributed by atoms with Crippen molar-refractivity contribution >= 4 is 27.8 Å². The fourth-order valence-corrected chi connectivity index (χ4v) is 6.45. The van der Waals surface area contributed by atoms with Crippen LogP contribution in [0.4, 0.5) is 32.4 Å². The summed E-state index contributed by atoms with van der Waals surface area (Å²) in [6, 6.07) is 3.37. The van der Waals surface area contributed by atoms with E-state index in [-0.39, 0.29) is 31.6 Å². The van der Waals surface area contributed by atoms with Gasteiger partial charge in [-0.15, -0.1) is 0 Å². The maximum atomic E-state index is 14.8. The van der Waals surface area contributed by atoms with Crippen LogP contribution in [-0.2, 0) is 30.5 Å². The van der Waals surface area contributed by atoms with Gasteiger partial charge in [0.2, 0.25) is 0 Å². The van der Waals surface area contributed by atoms with E-state index in [1.165, 1.54) is 11.8 Å². The zero-order chi connectivity index (χ0) is 31.5. The second-order valence-electron chi connectivity index (χ2n) is 10.5. The molecule has 0 spiro atoms. The van der Waals surface area contributed by atoms with Crippen LogP contribution in [0.5, 0.6) is 0 Å². The predicted molar refractivity (Wildman–Crippen MR) is 143 cm³/mol. The minimum absolute atomic E-state index is 0.0557. The highest BCUT2D eigenvalue weighted by Crippen LogP contribution is 2.37. The lowest BCUT2D eigenvalue weighted by Gasteiger charge is -2.38. The van der Waals surface area contributed by atoms with Gasteiger partial charge < -0.3 is 14.4 Å². The minimum atomic E-state index is -4.75. The standard InChI is InChI=1S/C28H33F5N2O6S/c1-5-40-25(36)27(3,4)19-12-14-34(15-13-19)26(37)41-17-18(2)35(24-16-21(29)8-11-23(24)30)42(38,39)22-9-6-20(7-10-22)28(31,32)33/h6-11,16,18-19H,5,12-15,17H2,1-4H3/t18-/m1/s1. The lowest BCUT2D eigenvalue weighted by Crippen LogP contribution is -2.46. The number of carbonyl (C=O) groups is 2. The Kier molecular flexibility index (Phi) is 10.1. The molecule has 14 heteroatoms. The highest BCUT2D eigenvalue weighted by atomic mass is 32.2. The van der Waals surface area contributed by atoms with Crippen LogP contribution in [0.3, 0.4) is 0 Å². The Bertz CT molecular complexity index is 1370. The van der Waals surface area contributed by atoms with Gasteiger partial charge in [-0.1, -0.05) is 0 Å². The van der Waals surface area contributed by atoms with Crippen molar-refractivity contribution in [1.82, 2.24) is 4.90 Å². The van der Waals surface area contributed by atoms with Crippen molar-refractivity contribution in [1.29, 1.82) is 0 Å². The number of likely N-dealkylation sites (tertiary alicyclic amines) is 1. The molecule has 2 aromatic rings. The fraction of sp³-hybridized carbons (Fsp3) is 0.500. The van der Waals surface area contributed by atoms with Gasteiger partial charge in [-0.2, -0.15) is 13.2 Å². The van der Waals surface area contributed by atoms with E-state index in [1.807, 2.05) is 0 Å². The first-order valence-corrected chi connectivity index (χ1v) is 14.7. The molecule has 1 amide bonds. The Balaban J connectivity index is 1.78. The van der Waals surface area contributed by atoms with E-state index in [1.54, 1.807) is 20.8 Å². The Morgan fingerprint density at radius 3 is 2.17 bits per heavy atom. The summed E-state index contributed by atoms with van der Waals surface area (Å²) in [5, 5.41) is 0. The second-order valence-corrected chi connectivity index (χ2v) is 12.4. The van der Waals surface area contributed by atoms with Gasteiger partial charge in [0, 0.05) is 19.2 Å². The number of piperidine rings is 1. The third-order valence-corrected chi connectivity index (χ3v) is 9.25. The molecule has 8 nitrogen and oxygen atoms in total. The van der Waals surface area contributed by atoms with Gasteiger partial charge in [0.05, 0.1) is 34.2 Å². The molecule has 1 aliphatic rings. The largest absolute Gasteiger partial charge is 0.466 e. The Hall–Kier alpha value is -3.42. The maximum absolute atomic E-state index is 14.8. The van der Waals surface area contributed by atoms with E-state index >= 15 is 0 Å². The Morgan fingerprint density at radius 2 is 1.62 bits per heavy atom. The summed E-state index contributed by atoms with van der Waals surface area (Å²) in [6.45, 7) is 6.74. The minimum Gasteiger partial charge on any atom is -0.466 e. The van der Waals surface area contributed by atoms with Crippen molar-refractivity contribution in [3.63, 3.8) is 0 Å². The predicted octanol–water partition coefficient (Wildman–Crippen LogP) is 6.01. The lowest BCUT2D eigenvalue weighted by atomic mass is 9.73. The number of rotatable bonds is 9. The number of ether oxygens (including phenoxy) is 2. The number of anilines is 1. The van der Waals surface area contributed by atoms with Crippen LogP contribution in [0.15, 0.2) is 47.4 Å². The van der Waals surface area contributed by atoms with Gasteiger partial charge in [-0.3, -0.25) is 9.10 Å². The number of carbonyl (C=O) groups excluding carboxylic acids is 2. The van der Waals surface area contributed by atoms with Gasteiger partial charge in [0.15, 0.2) is 0 Å². The van der Waals surface area contributed by atoms with Crippen molar-refractivity contribution < 1.29 is 49.4 Å². The average molecular weight is 621 g/mol. The summed E-state index contributed by atoms with van der Waals surface area (Å²) in [5.41, 5.74) is -2.57. The van der Waals surface area contributed by atoms with Gasteiger partial charge in [0.1, 0.15) is 18.2 Å². The number of alkyl halides is 3. The molecule has 0 aromatic heterocycles. The molecular formula is C28H33F5N2O6S. The Labute approximate surface area is 241 Å². The molecule has 2 aromatic carbocycles. The molecule has 42 heavy (non-hydrogen) atoms. The normalized spacial score (nSPS) is 15.7. The number of esters is 1. The van der Waals surface area contributed by atoms with E-state index in [2.05, 4.69) is 0 Å². The number of nitrogens with zero attached hydrogens (tertiary/aromatic N) is 2. The van der Waals surface area contributed by atoms with Crippen molar-refractivity contribution in [2.24, 2.45) is 11.3 Å². The van der Waals surface area contributed by atoms with Crippen LogP contribution >= 0.6 is 0 Å². The molecule has 232 valence electrons. The van der Waals surface area contributed by atoms with Gasteiger partial charge >= 0.3 is 18.2 Å². The molecule has 0 radical (unpaired) electrons. The molecule has 1 aliphatic heterocycles. The fourth-order valence-electron chi connectivity index (χ4n) is 4.81. The number of halogens is 5. The van der Waals surface area contributed by atoms with E-state index in [4.69, 9.17) is 9.47 Å². The van der Waals surface area contributed by atoms with Crippen LogP contribution in [-0.4, -0.2) is 57.7 Å². The van der Waals surface area contributed by atoms with Crippen molar-refractivity contribution in [3.05, 3.63) is 59.7 Å². The van der Waals surface area contributed by atoms with E-state index in [0.717, 1.165) is 6.07 Å².